The van der Waals surface area contributed by atoms with Gasteiger partial charge in [0.1, 0.15) is 11.3 Å². The van der Waals surface area contributed by atoms with E-state index >= 15 is 0 Å². The zero-order valence-electron chi connectivity index (χ0n) is 19.7. The average molecular weight is 601 g/mol. The molecule has 1 heterocycles. The van der Waals surface area contributed by atoms with Gasteiger partial charge in [0.15, 0.2) is 18.1 Å². The van der Waals surface area contributed by atoms with Gasteiger partial charge in [-0.25, -0.2) is 9.69 Å². The quantitative estimate of drug-likeness (QED) is 0.269. The van der Waals surface area contributed by atoms with Gasteiger partial charge in [0.25, 0.3) is 17.7 Å². The molecule has 0 aromatic heterocycles. The summed E-state index contributed by atoms with van der Waals surface area (Å²) in [4.78, 5) is 51.1. The number of hydrogen-bond acceptors (Lipinski definition) is 7. The molecule has 0 radical (unpaired) electrons. The molecule has 0 saturated carbocycles. The molecular weight excluding hydrogens is 582 g/mol. The van der Waals surface area contributed by atoms with Crippen LogP contribution in [0.5, 0.6) is 17.2 Å². The maximum Gasteiger partial charge on any atom is 0.335 e. The summed E-state index contributed by atoms with van der Waals surface area (Å²) in [6.07, 6.45) is 1.29. The van der Waals surface area contributed by atoms with Gasteiger partial charge in [-0.05, 0) is 76.1 Å². The summed E-state index contributed by atoms with van der Waals surface area (Å²) in [7, 11) is 1.39. The molecule has 3 aromatic rings. The molecule has 3 N–H and O–H groups in total. The molecule has 0 spiro atoms. The first kappa shape index (κ1) is 26.7. The number of para-hydroxylation sites is 1. The van der Waals surface area contributed by atoms with E-state index in [0.717, 1.165) is 4.90 Å². The number of nitrogens with one attached hydrogen (secondary N) is 2. The van der Waals surface area contributed by atoms with Crippen LogP contribution >= 0.6 is 27.5 Å². The highest BCUT2D eigenvalue weighted by molar-refractivity contribution is 9.10. The van der Waals surface area contributed by atoms with Crippen LogP contribution in [0.1, 0.15) is 5.56 Å². The number of nitrogens with zero attached hydrogens (tertiary/aromatic N) is 1. The molecule has 10 nitrogen and oxygen atoms in total. The third kappa shape index (κ3) is 5.79. The van der Waals surface area contributed by atoms with Crippen molar-refractivity contribution in [2.75, 3.05) is 23.9 Å². The number of halogens is 2. The van der Waals surface area contributed by atoms with Crippen LogP contribution in [-0.2, 0) is 14.4 Å². The van der Waals surface area contributed by atoms with E-state index in [1.165, 1.54) is 43.5 Å². The van der Waals surface area contributed by atoms with Crippen molar-refractivity contribution in [1.29, 1.82) is 0 Å². The lowest BCUT2D eigenvalue weighted by atomic mass is 10.1. The van der Waals surface area contributed by atoms with Crippen LogP contribution in [0.4, 0.5) is 16.2 Å². The van der Waals surface area contributed by atoms with Crippen molar-refractivity contribution < 1.29 is 33.8 Å². The van der Waals surface area contributed by atoms with Crippen LogP contribution < -0.4 is 25.0 Å². The van der Waals surface area contributed by atoms with Crippen molar-refractivity contribution in [1.82, 2.24) is 5.32 Å². The monoisotopic (exact) mass is 599 g/mol. The van der Waals surface area contributed by atoms with Crippen LogP contribution in [0.25, 0.3) is 6.08 Å². The van der Waals surface area contributed by atoms with Crippen LogP contribution in [-0.4, -0.2) is 42.6 Å². The van der Waals surface area contributed by atoms with E-state index in [4.69, 9.17) is 21.1 Å². The first-order valence-electron chi connectivity index (χ1n) is 10.9. The fourth-order valence-corrected chi connectivity index (χ4v) is 4.27. The van der Waals surface area contributed by atoms with Crippen LogP contribution in [0.3, 0.4) is 0 Å². The van der Waals surface area contributed by atoms with Gasteiger partial charge in [-0.3, -0.25) is 19.7 Å². The molecule has 1 aliphatic heterocycles. The molecule has 1 fully saturated rings. The predicted molar refractivity (Wildman–Crippen MR) is 143 cm³/mol. The topological polar surface area (TPSA) is 134 Å². The minimum Gasteiger partial charge on any atom is -0.508 e. The largest absolute Gasteiger partial charge is 0.508 e. The Hall–Kier alpha value is -4.35. The Labute approximate surface area is 229 Å². The maximum absolute atomic E-state index is 13.1. The minimum atomic E-state index is -0.916. The number of barbiturate groups is 1. The Bertz CT molecular complexity index is 1470. The Balaban J connectivity index is 1.56. The molecule has 12 heteroatoms. The fourth-order valence-electron chi connectivity index (χ4n) is 3.51. The van der Waals surface area contributed by atoms with Crippen molar-refractivity contribution in [3.63, 3.8) is 0 Å². The molecule has 1 aliphatic rings. The molecular formula is C26H19BrClN3O7. The third-order valence-electron chi connectivity index (χ3n) is 5.27. The number of amides is 5. The van der Waals surface area contributed by atoms with E-state index in [1.807, 2.05) is 0 Å². The van der Waals surface area contributed by atoms with Gasteiger partial charge in [-0.15, -0.1) is 0 Å². The SMILES string of the molecule is COc1cc(/C=C2/C(=O)NC(=O)N(c3ccc(O)cc3)C2=O)cc(Br)c1OCC(=O)Nc1ccccc1Cl. The van der Waals surface area contributed by atoms with E-state index in [1.54, 1.807) is 30.3 Å². The summed E-state index contributed by atoms with van der Waals surface area (Å²) in [6.45, 7) is -0.356. The number of rotatable bonds is 7. The van der Waals surface area contributed by atoms with Gasteiger partial charge in [-0.1, -0.05) is 23.7 Å². The molecule has 3 aromatic carbocycles. The Morgan fingerprint density at radius 2 is 1.84 bits per heavy atom. The standard InChI is InChI=1S/C26H19BrClN3O7/c1-37-21-12-14(11-18(27)23(21)38-13-22(33)29-20-5-3-2-4-19(20)28)10-17-24(34)30-26(36)31(25(17)35)15-6-8-16(32)9-7-15/h2-12,32H,13H2,1H3,(H,29,33)(H,30,34,36)/b17-10-. The van der Waals surface area contributed by atoms with Crippen molar-refractivity contribution in [2.45, 2.75) is 0 Å². The number of methoxy groups -OCH3 is 1. The van der Waals surface area contributed by atoms with E-state index in [0.29, 0.717) is 20.7 Å². The van der Waals surface area contributed by atoms with E-state index in [-0.39, 0.29) is 35.1 Å². The van der Waals surface area contributed by atoms with Crippen molar-refractivity contribution in [2.24, 2.45) is 0 Å². The third-order valence-corrected chi connectivity index (χ3v) is 6.19. The number of hydrogen-bond donors (Lipinski definition) is 3. The molecule has 0 atom stereocenters. The van der Waals surface area contributed by atoms with Gasteiger partial charge < -0.3 is 19.9 Å². The van der Waals surface area contributed by atoms with Crippen molar-refractivity contribution in [3.05, 3.63) is 81.3 Å². The van der Waals surface area contributed by atoms with E-state index < -0.39 is 23.8 Å². The average Bonchev–Trinajstić information content (AvgIpc) is 2.88. The smallest absolute Gasteiger partial charge is 0.335 e. The molecule has 38 heavy (non-hydrogen) atoms. The zero-order chi connectivity index (χ0) is 27.4. The number of phenols is 1. The number of anilines is 2. The van der Waals surface area contributed by atoms with Crippen LogP contribution in [0.2, 0.25) is 5.02 Å². The molecule has 0 aliphatic carbocycles. The molecule has 1 saturated heterocycles. The number of benzene rings is 3. The second-order valence-corrected chi connectivity index (χ2v) is 9.09. The van der Waals surface area contributed by atoms with Crippen LogP contribution in [0, 0.1) is 0 Å². The van der Waals surface area contributed by atoms with Crippen molar-refractivity contribution in [3.8, 4) is 17.2 Å². The summed E-state index contributed by atoms with van der Waals surface area (Å²) in [6, 6.07) is 14.3. The molecule has 0 unspecified atom stereocenters. The number of carbonyl (C=O) groups is 4. The van der Waals surface area contributed by atoms with Gasteiger partial charge >= 0.3 is 6.03 Å². The number of phenolic OH excluding ortho intramolecular Hbond substituents is 1. The molecule has 194 valence electrons. The summed E-state index contributed by atoms with van der Waals surface area (Å²) in [5.74, 6) is -1.80. The fraction of sp³-hybridized carbons (Fsp3) is 0.0769. The zero-order valence-corrected chi connectivity index (χ0v) is 22.0. The molecule has 5 amide bonds. The number of urea groups is 1. The Morgan fingerprint density at radius 3 is 2.53 bits per heavy atom. The Morgan fingerprint density at radius 1 is 1.13 bits per heavy atom. The van der Waals surface area contributed by atoms with Gasteiger partial charge in [0.05, 0.1) is 28.0 Å². The lowest BCUT2D eigenvalue weighted by molar-refractivity contribution is -0.122. The van der Waals surface area contributed by atoms with Gasteiger partial charge in [-0.2, -0.15) is 0 Å². The second-order valence-electron chi connectivity index (χ2n) is 7.83. The number of imide groups is 2. The maximum atomic E-state index is 13.1. The lowest BCUT2D eigenvalue weighted by Crippen LogP contribution is -2.54. The highest BCUT2D eigenvalue weighted by atomic mass is 79.9. The molecule has 0 bridgehead atoms. The number of ether oxygens (including phenoxy) is 2. The number of carbonyl (C=O) groups excluding carboxylic acids is 4. The summed E-state index contributed by atoms with van der Waals surface area (Å²) >= 11 is 9.43. The highest BCUT2D eigenvalue weighted by Crippen LogP contribution is 2.37. The predicted octanol–water partition coefficient (Wildman–Crippen LogP) is 4.50. The first-order chi connectivity index (χ1) is 18.2. The number of aromatic hydroxyl groups is 1. The van der Waals surface area contributed by atoms with Crippen molar-refractivity contribution >= 4 is 68.7 Å². The molecule has 4 rings (SSSR count). The first-order valence-corrected chi connectivity index (χ1v) is 12.1. The van der Waals surface area contributed by atoms with E-state index in [2.05, 4.69) is 26.6 Å². The Kier molecular flexibility index (Phi) is 7.99. The summed E-state index contributed by atoms with van der Waals surface area (Å²) < 4.78 is 11.4. The van der Waals surface area contributed by atoms with Gasteiger partial charge in [0.2, 0.25) is 0 Å². The van der Waals surface area contributed by atoms with Crippen LogP contribution in [0.15, 0.2) is 70.7 Å². The van der Waals surface area contributed by atoms with E-state index in [9.17, 15) is 24.3 Å². The van der Waals surface area contributed by atoms with Gasteiger partial charge in [0, 0.05) is 0 Å². The second kappa shape index (κ2) is 11.4. The summed E-state index contributed by atoms with van der Waals surface area (Å²) in [5.41, 5.74) is 0.673. The lowest BCUT2D eigenvalue weighted by Gasteiger charge is -2.26. The minimum absolute atomic E-state index is 0.0499. The summed E-state index contributed by atoms with van der Waals surface area (Å²) in [5, 5.41) is 14.7. The normalized spacial score (nSPS) is 14.3. The highest BCUT2D eigenvalue weighted by Gasteiger charge is 2.36.